The Labute approximate surface area is 101 Å². The van der Waals surface area contributed by atoms with Crippen LogP contribution in [0.25, 0.3) is 0 Å². The van der Waals surface area contributed by atoms with Gasteiger partial charge in [0, 0.05) is 24.6 Å². The van der Waals surface area contributed by atoms with Gasteiger partial charge < -0.3 is 4.74 Å². The van der Waals surface area contributed by atoms with Crippen LogP contribution in [0, 0.1) is 0 Å². The number of rotatable bonds is 7. The number of thiazole rings is 1. The maximum Gasteiger partial charge on any atom is 0.0942 e. The fourth-order valence-corrected chi connectivity index (χ4v) is 2.42. The molecule has 1 rings (SSSR count). The van der Waals surface area contributed by atoms with Crippen LogP contribution in [0.4, 0.5) is 0 Å². The maximum absolute atomic E-state index is 5.81. The van der Waals surface area contributed by atoms with Crippen LogP contribution in [-0.2, 0) is 11.2 Å². The summed E-state index contributed by atoms with van der Waals surface area (Å²) in [5.74, 6) is 5.63. The van der Waals surface area contributed by atoms with Gasteiger partial charge in [0.25, 0.3) is 0 Å². The molecule has 0 aliphatic carbocycles. The first-order chi connectivity index (χ1) is 7.66. The van der Waals surface area contributed by atoms with Crippen molar-refractivity contribution >= 4 is 11.3 Å². The van der Waals surface area contributed by atoms with Crippen LogP contribution in [0.1, 0.15) is 32.2 Å². The second-order valence-electron chi connectivity index (χ2n) is 3.95. The highest BCUT2D eigenvalue weighted by atomic mass is 32.1. The van der Waals surface area contributed by atoms with Crippen LogP contribution in [0.5, 0.6) is 0 Å². The lowest BCUT2D eigenvalue weighted by atomic mass is 9.91. The van der Waals surface area contributed by atoms with Crippen LogP contribution in [0.15, 0.2) is 11.6 Å². The number of hydrogen-bond acceptors (Lipinski definition) is 5. The second-order valence-corrected chi connectivity index (χ2v) is 4.93. The molecule has 1 heterocycles. The van der Waals surface area contributed by atoms with Crippen LogP contribution in [0.2, 0.25) is 0 Å². The van der Waals surface area contributed by atoms with E-state index >= 15 is 0 Å². The zero-order valence-corrected chi connectivity index (χ0v) is 11.0. The maximum atomic E-state index is 5.81. The fourth-order valence-electron chi connectivity index (χ4n) is 1.76. The Morgan fingerprint density at radius 3 is 2.81 bits per heavy atom. The van der Waals surface area contributed by atoms with Crippen molar-refractivity contribution in [2.24, 2.45) is 5.84 Å². The molecule has 2 unspecified atom stereocenters. The first kappa shape index (κ1) is 13.6. The molecule has 0 amide bonds. The second kappa shape index (κ2) is 6.30. The minimum Gasteiger partial charge on any atom is -0.374 e. The molecule has 0 bridgehead atoms. The molecule has 0 saturated carbocycles. The standard InChI is InChI=1S/C11H21N3OS/c1-4-11(3,15-5-2)9(14-12)8-10-13-6-7-16-10/h6-7,9,14H,4-5,8,12H2,1-3H3. The molecule has 2 atom stereocenters. The molecule has 1 aromatic heterocycles. The van der Waals surface area contributed by atoms with E-state index in [1.165, 1.54) is 0 Å². The molecular formula is C11H21N3OS. The van der Waals surface area contributed by atoms with Gasteiger partial charge in [0.15, 0.2) is 0 Å². The Morgan fingerprint density at radius 2 is 2.38 bits per heavy atom. The third kappa shape index (κ3) is 3.25. The number of aromatic nitrogens is 1. The SMILES string of the molecule is CCOC(C)(CC)C(Cc1nccs1)NN. The van der Waals surface area contributed by atoms with Crippen molar-refractivity contribution in [1.29, 1.82) is 0 Å². The highest BCUT2D eigenvalue weighted by Crippen LogP contribution is 2.23. The molecule has 0 aromatic carbocycles. The summed E-state index contributed by atoms with van der Waals surface area (Å²) in [5.41, 5.74) is 2.62. The Bertz CT molecular complexity index is 291. The van der Waals surface area contributed by atoms with Crippen molar-refractivity contribution in [3.63, 3.8) is 0 Å². The van der Waals surface area contributed by atoms with E-state index in [-0.39, 0.29) is 11.6 Å². The molecule has 0 saturated heterocycles. The van der Waals surface area contributed by atoms with E-state index in [4.69, 9.17) is 10.6 Å². The van der Waals surface area contributed by atoms with E-state index < -0.39 is 0 Å². The molecule has 4 nitrogen and oxygen atoms in total. The van der Waals surface area contributed by atoms with E-state index in [1.807, 2.05) is 18.5 Å². The predicted molar refractivity (Wildman–Crippen MR) is 67.3 cm³/mol. The van der Waals surface area contributed by atoms with Gasteiger partial charge >= 0.3 is 0 Å². The largest absolute Gasteiger partial charge is 0.374 e. The first-order valence-corrected chi connectivity index (χ1v) is 6.52. The summed E-state index contributed by atoms with van der Waals surface area (Å²) in [7, 11) is 0. The number of nitrogens with zero attached hydrogens (tertiary/aromatic N) is 1. The molecule has 92 valence electrons. The van der Waals surface area contributed by atoms with Gasteiger partial charge in [-0.15, -0.1) is 11.3 Å². The average molecular weight is 243 g/mol. The highest BCUT2D eigenvalue weighted by Gasteiger charge is 2.33. The van der Waals surface area contributed by atoms with Gasteiger partial charge in [-0.1, -0.05) is 6.92 Å². The molecule has 5 heteroatoms. The average Bonchev–Trinajstić information content (AvgIpc) is 2.78. The van der Waals surface area contributed by atoms with Crippen LogP contribution in [0.3, 0.4) is 0 Å². The summed E-state index contributed by atoms with van der Waals surface area (Å²) >= 11 is 1.65. The quantitative estimate of drug-likeness (QED) is 0.565. The van der Waals surface area contributed by atoms with Crippen molar-refractivity contribution in [3.05, 3.63) is 16.6 Å². The van der Waals surface area contributed by atoms with Gasteiger partial charge in [-0.3, -0.25) is 11.3 Å². The van der Waals surface area contributed by atoms with Gasteiger partial charge in [0.1, 0.15) is 0 Å². The van der Waals surface area contributed by atoms with Crippen LogP contribution < -0.4 is 11.3 Å². The molecule has 16 heavy (non-hydrogen) atoms. The topological polar surface area (TPSA) is 60.2 Å². The molecule has 0 aliphatic heterocycles. The van der Waals surface area contributed by atoms with Crippen molar-refractivity contribution in [1.82, 2.24) is 10.4 Å². The monoisotopic (exact) mass is 243 g/mol. The number of ether oxygens (including phenoxy) is 1. The zero-order chi connectivity index (χ0) is 12.0. The molecule has 0 spiro atoms. The van der Waals surface area contributed by atoms with E-state index in [9.17, 15) is 0 Å². The molecule has 0 fully saturated rings. The lowest BCUT2D eigenvalue weighted by Gasteiger charge is -2.36. The van der Waals surface area contributed by atoms with E-state index in [0.717, 1.165) is 17.8 Å². The first-order valence-electron chi connectivity index (χ1n) is 5.64. The lowest BCUT2D eigenvalue weighted by molar-refractivity contribution is -0.0550. The number of nitrogens with one attached hydrogen (secondary N) is 1. The summed E-state index contributed by atoms with van der Waals surface area (Å²) in [5, 5.41) is 3.06. The van der Waals surface area contributed by atoms with Gasteiger partial charge in [-0.2, -0.15) is 0 Å². The van der Waals surface area contributed by atoms with Crippen LogP contribution >= 0.6 is 11.3 Å². The Balaban J connectivity index is 2.71. The van der Waals surface area contributed by atoms with Gasteiger partial charge in [0.2, 0.25) is 0 Å². The summed E-state index contributed by atoms with van der Waals surface area (Å²) in [6.07, 6.45) is 3.54. The Kier molecular flexibility index (Phi) is 5.34. The van der Waals surface area contributed by atoms with Gasteiger partial charge in [-0.05, 0) is 20.3 Å². The smallest absolute Gasteiger partial charge is 0.0942 e. The predicted octanol–water partition coefficient (Wildman–Crippen LogP) is 1.72. The minimum atomic E-state index is -0.241. The van der Waals surface area contributed by atoms with E-state index in [1.54, 1.807) is 11.3 Å². The van der Waals surface area contributed by atoms with Crippen molar-refractivity contribution in [3.8, 4) is 0 Å². The number of hydrazine groups is 1. The van der Waals surface area contributed by atoms with Crippen molar-refractivity contribution < 1.29 is 4.74 Å². The van der Waals surface area contributed by atoms with Crippen LogP contribution in [-0.4, -0.2) is 23.2 Å². The summed E-state index contributed by atoms with van der Waals surface area (Å²) in [4.78, 5) is 4.28. The van der Waals surface area contributed by atoms with Crippen molar-refractivity contribution in [2.75, 3.05) is 6.61 Å². The van der Waals surface area contributed by atoms with Gasteiger partial charge in [0.05, 0.1) is 16.7 Å². The molecule has 0 aliphatic rings. The fraction of sp³-hybridized carbons (Fsp3) is 0.727. The number of nitrogens with two attached hydrogens (primary N) is 1. The van der Waals surface area contributed by atoms with Gasteiger partial charge in [-0.25, -0.2) is 4.98 Å². The lowest BCUT2D eigenvalue weighted by Crippen LogP contribution is -2.54. The molecule has 1 aromatic rings. The zero-order valence-electron chi connectivity index (χ0n) is 10.2. The van der Waals surface area contributed by atoms with E-state index in [2.05, 4.69) is 24.3 Å². The van der Waals surface area contributed by atoms with Crippen molar-refractivity contribution in [2.45, 2.75) is 45.3 Å². The third-order valence-electron chi connectivity index (χ3n) is 2.98. The molecular weight excluding hydrogens is 222 g/mol. The Hall–Kier alpha value is -0.490. The van der Waals surface area contributed by atoms with E-state index in [0.29, 0.717) is 6.61 Å². The minimum absolute atomic E-state index is 0.0867. The molecule has 0 radical (unpaired) electrons. The molecule has 3 N–H and O–H groups in total. The Morgan fingerprint density at radius 1 is 1.62 bits per heavy atom. The third-order valence-corrected chi connectivity index (χ3v) is 3.78. The highest BCUT2D eigenvalue weighted by molar-refractivity contribution is 7.09. The summed E-state index contributed by atoms with van der Waals surface area (Å²) in [6.45, 7) is 6.90. The summed E-state index contributed by atoms with van der Waals surface area (Å²) < 4.78 is 5.81. The number of hydrogen-bond donors (Lipinski definition) is 2. The summed E-state index contributed by atoms with van der Waals surface area (Å²) in [6, 6.07) is 0.0867. The normalized spacial score (nSPS) is 17.0.